The number of ether oxygens (including phenoxy) is 1. The Kier molecular flexibility index (Phi) is 4.65. The van der Waals surface area contributed by atoms with Gasteiger partial charge in [0.2, 0.25) is 0 Å². The minimum atomic E-state index is -0.787. The summed E-state index contributed by atoms with van der Waals surface area (Å²) >= 11 is 2.84. The predicted octanol–water partition coefficient (Wildman–Crippen LogP) is -0.798. The van der Waals surface area contributed by atoms with Crippen molar-refractivity contribution >= 4 is 21.8 Å². The highest BCUT2D eigenvalue weighted by molar-refractivity contribution is 9.09. The molecule has 3 N–H and O–H groups in total. The van der Waals surface area contributed by atoms with E-state index in [0.29, 0.717) is 0 Å². The zero-order chi connectivity index (χ0) is 7.28. The first-order valence-corrected chi connectivity index (χ1v) is 3.26. The van der Waals surface area contributed by atoms with Crippen molar-refractivity contribution in [2.75, 3.05) is 13.2 Å². The molecule has 0 aliphatic heterocycles. The molecule has 0 bridgehead atoms. The van der Waals surface area contributed by atoms with Crippen molar-refractivity contribution in [2.24, 2.45) is 5.73 Å². The Hall–Kier alpha value is -0.130. The first-order valence-electron chi connectivity index (χ1n) is 2.34. The first kappa shape index (κ1) is 8.87. The topological polar surface area (TPSA) is 72.6 Å². The van der Waals surface area contributed by atoms with Crippen molar-refractivity contribution in [3.05, 3.63) is 0 Å². The Labute approximate surface area is 61.1 Å². The number of rotatable bonds is 4. The van der Waals surface area contributed by atoms with E-state index >= 15 is 0 Å². The van der Waals surface area contributed by atoms with Gasteiger partial charge in [0.1, 0.15) is 0 Å². The van der Waals surface area contributed by atoms with Crippen LogP contribution in [0.2, 0.25) is 0 Å². The van der Waals surface area contributed by atoms with Crippen molar-refractivity contribution in [1.82, 2.24) is 0 Å². The number of carbonyl (C=O) groups is 1. The smallest absolute Gasteiger partial charge is 0.257 e. The first-order chi connectivity index (χ1) is 4.18. The highest BCUT2D eigenvalue weighted by atomic mass is 79.9. The van der Waals surface area contributed by atoms with Crippen LogP contribution in [-0.2, 0) is 9.53 Å². The molecule has 0 aliphatic carbocycles. The number of alkyl halides is 1. The van der Waals surface area contributed by atoms with E-state index in [1.54, 1.807) is 0 Å². The van der Waals surface area contributed by atoms with Crippen LogP contribution < -0.4 is 5.73 Å². The normalized spacial score (nSPS) is 13.1. The summed E-state index contributed by atoms with van der Waals surface area (Å²) in [4.78, 5) is 10.2. The van der Waals surface area contributed by atoms with E-state index in [4.69, 9.17) is 10.8 Å². The molecule has 0 saturated heterocycles. The summed E-state index contributed by atoms with van der Waals surface area (Å²) in [7, 11) is 0. The minimum absolute atomic E-state index is 0.110. The van der Waals surface area contributed by atoms with Crippen molar-refractivity contribution in [3.8, 4) is 0 Å². The average molecular weight is 198 g/mol. The zero-order valence-corrected chi connectivity index (χ0v) is 6.30. The number of aliphatic hydroxyl groups is 1. The lowest BCUT2D eigenvalue weighted by Gasteiger charge is -2.03. The summed E-state index contributed by atoms with van der Waals surface area (Å²) in [5, 5.41) is 7.41. The monoisotopic (exact) mass is 197 g/mol. The van der Waals surface area contributed by atoms with Crippen LogP contribution in [0.15, 0.2) is 0 Å². The molecule has 0 saturated carbocycles. The van der Waals surface area contributed by atoms with Gasteiger partial charge in [0, 0.05) is 0 Å². The van der Waals surface area contributed by atoms with Crippen molar-refractivity contribution < 1.29 is 14.6 Å². The van der Waals surface area contributed by atoms with Gasteiger partial charge in [-0.2, -0.15) is 0 Å². The Balaban J connectivity index is 3.27. The third-order valence-electron chi connectivity index (χ3n) is 0.579. The molecule has 0 spiro atoms. The molecule has 9 heavy (non-hydrogen) atoms. The fourth-order valence-electron chi connectivity index (χ4n) is 0.238. The Bertz CT molecular complexity index is 97.8. The maximum Gasteiger partial charge on any atom is 0.257 e. The van der Waals surface area contributed by atoms with E-state index in [1.165, 1.54) is 0 Å². The number of carbonyl (C=O) groups excluding carboxylic acids is 1. The highest BCUT2D eigenvalue weighted by Gasteiger charge is 2.08. The second-order valence-corrected chi connectivity index (χ2v) is 2.14. The standard InChI is InChI=1S/C4H8BrNO3/c5-3(4(6)8)9-2-1-7/h3,7H,1-2H2,(H2,6,8). The van der Waals surface area contributed by atoms with Gasteiger partial charge >= 0.3 is 0 Å². The van der Waals surface area contributed by atoms with E-state index in [1.807, 2.05) is 0 Å². The van der Waals surface area contributed by atoms with Crippen LogP contribution in [0.1, 0.15) is 0 Å². The third-order valence-corrected chi connectivity index (χ3v) is 1.29. The van der Waals surface area contributed by atoms with Gasteiger partial charge in [-0.05, 0) is 15.9 Å². The van der Waals surface area contributed by atoms with Crippen molar-refractivity contribution in [3.63, 3.8) is 0 Å². The predicted molar refractivity (Wildman–Crippen MR) is 34.9 cm³/mol. The van der Waals surface area contributed by atoms with Crippen molar-refractivity contribution in [2.45, 2.75) is 5.01 Å². The summed E-state index contributed by atoms with van der Waals surface area (Å²) in [6, 6.07) is 0. The summed E-state index contributed by atoms with van der Waals surface area (Å²) < 4.78 is 4.64. The van der Waals surface area contributed by atoms with E-state index in [0.717, 1.165) is 0 Å². The van der Waals surface area contributed by atoms with Crippen LogP contribution in [0, 0.1) is 0 Å². The lowest BCUT2D eigenvalue weighted by atomic mass is 10.7. The molecule has 0 radical (unpaired) electrons. The lowest BCUT2D eigenvalue weighted by molar-refractivity contribution is -0.124. The van der Waals surface area contributed by atoms with Gasteiger partial charge in [-0.1, -0.05) is 0 Å². The van der Waals surface area contributed by atoms with Crippen molar-refractivity contribution in [1.29, 1.82) is 0 Å². The van der Waals surface area contributed by atoms with Crippen LogP contribution in [0.3, 0.4) is 0 Å². The molecule has 0 aromatic heterocycles. The van der Waals surface area contributed by atoms with Crippen LogP contribution >= 0.6 is 15.9 Å². The van der Waals surface area contributed by atoms with E-state index in [-0.39, 0.29) is 13.2 Å². The highest BCUT2D eigenvalue weighted by Crippen LogP contribution is 1.98. The molecule has 5 heteroatoms. The maximum atomic E-state index is 10.2. The molecule has 0 fully saturated rings. The van der Waals surface area contributed by atoms with E-state index < -0.39 is 10.9 Å². The molecule has 0 rings (SSSR count). The zero-order valence-electron chi connectivity index (χ0n) is 4.71. The molecular weight excluding hydrogens is 190 g/mol. The van der Waals surface area contributed by atoms with Gasteiger partial charge < -0.3 is 15.6 Å². The molecule has 54 valence electrons. The average Bonchev–Trinajstić information content (AvgIpc) is 1.82. The van der Waals surface area contributed by atoms with Gasteiger partial charge in [-0.25, -0.2) is 0 Å². The minimum Gasteiger partial charge on any atom is -0.394 e. The van der Waals surface area contributed by atoms with Gasteiger partial charge in [0.15, 0.2) is 5.01 Å². The molecule has 1 amide bonds. The number of nitrogens with two attached hydrogens (primary N) is 1. The van der Waals surface area contributed by atoms with Gasteiger partial charge in [-0.3, -0.25) is 4.79 Å². The SMILES string of the molecule is NC(=O)C(Br)OCCO. The van der Waals surface area contributed by atoms with Gasteiger partial charge in [0.25, 0.3) is 5.91 Å². The maximum absolute atomic E-state index is 10.2. The Morgan fingerprint density at radius 2 is 2.44 bits per heavy atom. The second kappa shape index (κ2) is 4.72. The molecule has 4 nitrogen and oxygen atoms in total. The number of amides is 1. The molecule has 1 unspecified atom stereocenters. The number of aliphatic hydroxyl groups excluding tert-OH is 1. The largest absolute Gasteiger partial charge is 0.394 e. The fourth-order valence-corrected chi connectivity index (χ4v) is 0.425. The Morgan fingerprint density at radius 3 is 2.78 bits per heavy atom. The third kappa shape index (κ3) is 4.38. The molecule has 0 aromatic rings. The van der Waals surface area contributed by atoms with Crippen LogP contribution in [0.5, 0.6) is 0 Å². The summed E-state index contributed by atoms with van der Waals surface area (Å²) in [5.41, 5.74) is 4.78. The van der Waals surface area contributed by atoms with Gasteiger partial charge in [0.05, 0.1) is 13.2 Å². The van der Waals surface area contributed by atoms with Crippen LogP contribution in [0.25, 0.3) is 0 Å². The quantitative estimate of drug-likeness (QED) is 0.581. The number of primary amides is 1. The Morgan fingerprint density at radius 1 is 1.89 bits per heavy atom. The van der Waals surface area contributed by atoms with E-state index in [2.05, 4.69) is 20.7 Å². The van der Waals surface area contributed by atoms with E-state index in [9.17, 15) is 4.79 Å². The summed E-state index contributed by atoms with van der Waals surface area (Å²) in [6.07, 6.45) is 0. The number of hydrogen-bond donors (Lipinski definition) is 2. The lowest BCUT2D eigenvalue weighted by Crippen LogP contribution is -2.26. The molecular formula is C4H8BrNO3. The summed E-state index contributed by atoms with van der Waals surface area (Å²) in [5.74, 6) is -0.594. The molecule has 0 aliphatic rings. The number of halogens is 1. The fraction of sp³-hybridized carbons (Fsp3) is 0.750. The molecule has 0 aromatic carbocycles. The van der Waals surface area contributed by atoms with Gasteiger partial charge in [-0.15, -0.1) is 0 Å². The second-order valence-electron chi connectivity index (χ2n) is 1.31. The van der Waals surface area contributed by atoms with Crippen LogP contribution in [-0.4, -0.2) is 29.2 Å². The summed E-state index contributed by atoms with van der Waals surface area (Å²) in [6.45, 7) is -0.00572. The molecule has 1 atom stereocenters. The number of hydrogen-bond acceptors (Lipinski definition) is 3. The molecule has 0 heterocycles. The van der Waals surface area contributed by atoms with Crippen LogP contribution in [0.4, 0.5) is 0 Å².